The highest BCUT2D eigenvalue weighted by atomic mass is 16.5. The summed E-state index contributed by atoms with van der Waals surface area (Å²) in [5, 5.41) is 13.8. The Morgan fingerprint density at radius 2 is 2.04 bits per heavy atom. The summed E-state index contributed by atoms with van der Waals surface area (Å²) in [6.07, 6.45) is 1.18. The van der Waals surface area contributed by atoms with Gasteiger partial charge in [-0.2, -0.15) is 0 Å². The van der Waals surface area contributed by atoms with Crippen LogP contribution in [-0.4, -0.2) is 82.1 Å². The van der Waals surface area contributed by atoms with Crippen molar-refractivity contribution in [1.82, 2.24) is 19.9 Å². The Morgan fingerprint density at radius 3 is 2.72 bits per heavy atom. The summed E-state index contributed by atoms with van der Waals surface area (Å²) >= 11 is 0. The van der Waals surface area contributed by atoms with Crippen molar-refractivity contribution in [2.24, 2.45) is 0 Å². The van der Waals surface area contributed by atoms with E-state index in [-0.39, 0.29) is 18.4 Å². The molecule has 2 amide bonds. The van der Waals surface area contributed by atoms with Crippen molar-refractivity contribution in [1.29, 1.82) is 0 Å². The molecule has 3 rings (SSSR count). The van der Waals surface area contributed by atoms with Crippen LogP contribution in [0.3, 0.4) is 0 Å². The topological polar surface area (TPSA) is 90.1 Å². The van der Waals surface area contributed by atoms with Crippen LogP contribution in [0, 0.1) is 6.92 Å². The zero-order valence-corrected chi connectivity index (χ0v) is 14.7. The van der Waals surface area contributed by atoms with E-state index in [2.05, 4.69) is 10.1 Å². The van der Waals surface area contributed by atoms with Crippen LogP contribution in [0.1, 0.15) is 30.7 Å². The number of rotatable bonds is 4. The Morgan fingerprint density at radius 1 is 1.28 bits per heavy atom. The summed E-state index contributed by atoms with van der Waals surface area (Å²) in [6.45, 7) is 6.03. The highest BCUT2D eigenvalue weighted by Gasteiger charge is 2.29. The third kappa shape index (κ3) is 4.58. The van der Waals surface area contributed by atoms with E-state index in [1.54, 1.807) is 4.90 Å². The maximum atomic E-state index is 12.5. The molecule has 1 aromatic heterocycles. The summed E-state index contributed by atoms with van der Waals surface area (Å²) in [7, 11) is 0. The zero-order chi connectivity index (χ0) is 17.8. The van der Waals surface area contributed by atoms with Gasteiger partial charge in [-0.25, -0.2) is 0 Å². The molecule has 0 aliphatic carbocycles. The molecule has 0 bridgehead atoms. The summed E-state index contributed by atoms with van der Waals surface area (Å²) in [5.74, 6) is 0.443. The third-order valence-corrected chi connectivity index (χ3v) is 4.87. The number of aromatic nitrogens is 1. The van der Waals surface area contributed by atoms with Gasteiger partial charge in [-0.05, 0) is 26.2 Å². The van der Waals surface area contributed by atoms with Crippen molar-refractivity contribution >= 4 is 11.8 Å². The molecule has 138 valence electrons. The van der Waals surface area contributed by atoms with Gasteiger partial charge in [0.05, 0.1) is 12.2 Å². The minimum atomic E-state index is -0.960. The van der Waals surface area contributed by atoms with Gasteiger partial charge < -0.3 is 19.4 Å². The molecule has 3 heterocycles. The molecule has 8 heteroatoms. The maximum Gasteiger partial charge on any atom is 0.251 e. The molecule has 2 aliphatic rings. The predicted molar refractivity (Wildman–Crippen MR) is 89.5 cm³/mol. The quantitative estimate of drug-likeness (QED) is 0.822. The number of aliphatic hydroxyl groups is 1. The fourth-order valence-corrected chi connectivity index (χ4v) is 3.38. The van der Waals surface area contributed by atoms with E-state index in [1.807, 2.05) is 13.0 Å². The number of carbonyl (C=O) groups is 2. The van der Waals surface area contributed by atoms with Gasteiger partial charge >= 0.3 is 0 Å². The van der Waals surface area contributed by atoms with Gasteiger partial charge in [0.1, 0.15) is 11.9 Å². The molecule has 1 unspecified atom stereocenters. The van der Waals surface area contributed by atoms with E-state index in [4.69, 9.17) is 4.52 Å². The standard InChI is InChI=1S/C17H26N4O4/c1-13-10-14(18-25-13)11-19-6-8-20(9-7-19)16(23)12-21-5-3-2-4-15(22)17(21)24/h10,15,22H,2-9,11-12H2,1H3. The normalized spacial score (nSPS) is 23.0. The number of nitrogens with zero attached hydrogens (tertiary/aromatic N) is 4. The van der Waals surface area contributed by atoms with Crippen LogP contribution < -0.4 is 0 Å². The molecule has 0 spiro atoms. The summed E-state index contributed by atoms with van der Waals surface area (Å²) in [6, 6.07) is 1.92. The highest BCUT2D eigenvalue weighted by Crippen LogP contribution is 2.13. The second kappa shape index (κ2) is 7.97. The molecule has 1 aromatic rings. The average molecular weight is 350 g/mol. The number of piperazine rings is 1. The van der Waals surface area contributed by atoms with Crippen LogP contribution >= 0.6 is 0 Å². The molecule has 1 atom stereocenters. The molecule has 2 fully saturated rings. The first kappa shape index (κ1) is 17.9. The minimum absolute atomic E-state index is 0.0422. The van der Waals surface area contributed by atoms with E-state index < -0.39 is 6.10 Å². The smallest absolute Gasteiger partial charge is 0.251 e. The molecule has 0 aromatic carbocycles. The molecule has 2 aliphatic heterocycles. The summed E-state index contributed by atoms with van der Waals surface area (Å²) < 4.78 is 5.08. The number of carbonyl (C=O) groups excluding carboxylic acids is 2. The van der Waals surface area contributed by atoms with Crippen molar-refractivity contribution in [2.45, 2.75) is 38.8 Å². The van der Waals surface area contributed by atoms with Gasteiger partial charge in [0.15, 0.2) is 0 Å². The van der Waals surface area contributed by atoms with E-state index in [0.717, 1.165) is 43.9 Å². The monoisotopic (exact) mass is 350 g/mol. The van der Waals surface area contributed by atoms with Gasteiger partial charge in [0.25, 0.3) is 5.91 Å². The first-order valence-corrected chi connectivity index (χ1v) is 8.92. The second-order valence-corrected chi connectivity index (χ2v) is 6.86. The second-order valence-electron chi connectivity index (χ2n) is 6.86. The Kier molecular flexibility index (Phi) is 5.70. The Labute approximate surface area is 147 Å². The molecule has 8 nitrogen and oxygen atoms in total. The maximum absolute atomic E-state index is 12.5. The van der Waals surface area contributed by atoms with E-state index in [1.165, 1.54) is 4.90 Å². The van der Waals surface area contributed by atoms with Gasteiger partial charge in [-0.3, -0.25) is 14.5 Å². The number of aliphatic hydroxyl groups excluding tert-OH is 1. The van der Waals surface area contributed by atoms with Gasteiger partial charge in [-0.1, -0.05) is 5.16 Å². The van der Waals surface area contributed by atoms with Crippen molar-refractivity contribution in [2.75, 3.05) is 39.3 Å². The molecule has 0 saturated carbocycles. The van der Waals surface area contributed by atoms with Crippen LogP contribution in [0.4, 0.5) is 0 Å². The first-order valence-electron chi connectivity index (χ1n) is 8.92. The van der Waals surface area contributed by atoms with Crippen LogP contribution in [0.15, 0.2) is 10.6 Å². The molecular formula is C17H26N4O4. The first-order chi connectivity index (χ1) is 12.0. The number of likely N-dealkylation sites (tertiary alicyclic amines) is 1. The summed E-state index contributed by atoms with van der Waals surface area (Å²) in [5.41, 5.74) is 0.904. The van der Waals surface area contributed by atoms with Gasteiger partial charge in [0.2, 0.25) is 5.91 Å². The number of hydrogen-bond donors (Lipinski definition) is 1. The van der Waals surface area contributed by atoms with Crippen LogP contribution in [-0.2, 0) is 16.1 Å². The molecule has 25 heavy (non-hydrogen) atoms. The van der Waals surface area contributed by atoms with E-state index >= 15 is 0 Å². The van der Waals surface area contributed by atoms with Crippen molar-refractivity contribution in [3.63, 3.8) is 0 Å². The molecule has 0 radical (unpaired) electrons. The van der Waals surface area contributed by atoms with E-state index in [0.29, 0.717) is 26.1 Å². The van der Waals surface area contributed by atoms with Gasteiger partial charge in [0, 0.05) is 45.3 Å². The third-order valence-electron chi connectivity index (χ3n) is 4.87. The fraction of sp³-hybridized carbons (Fsp3) is 0.706. The molecule has 2 saturated heterocycles. The molecular weight excluding hydrogens is 324 g/mol. The minimum Gasteiger partial charge on any atom is -0.383 e. The fourth-order valence-electron chi connectivity index (χ4n) is 3.38. The number of amides is 2. The largest absolute Gasteiger partial charge is 0.383 e. The predicted octanol–water partition coefficient (Wildman–Crippen LogP) is 0.000620. The number of aryl methyl sites for hydroxylation is 1. The molecule has 1 N–H and O–H groups in total. The lowest BCUT2D eigenvalue weighted by Crippen LogP contribution is -2.52. The lowest BCUT2D eigenvalue weighted by Gasteiger charge is -2.35. The average Bonchev–Trinajstić information content (AvgIpc) is 2.94. The van der Waals surface area contributed by atoms with Crippen molar-refractivity contribution < 1.29 is 19.2 Å². The lowest BCUT2D eigenvalue weighted by atomic mass is 10.2. The lowest BCUT2D eigenvalue weighted by molar-refractivity contribution is -0.146. The summed E-state index contributed by atoms with van der Waals surface area (Å²) in [4.78, 5) is 30.1. The van der Waals surface area contributed by atoms with Crippen molar-refractivity contribution in [3.05, 3.63) is 17.5 Å². The SMILES string of the molecule is Cc1cc(CN2CCN(C(=O)CN3CCCCC(O)C3=O)CC2)no1. The van der Waals surface area contributed by atoms with Crippen LogP contribution in [0.2, 0.25) is 0 Å². The van der Waals surface area contributed by atoms with Gasteiger partial charge in [-0.15, -0.1) is 0 Å². The Hall–Kier alpha value is -1.93. The Balaban J connectivity index is 1.47. The van der Waals surface area contributed by atoms with E-state index in [9.17, 15) is 14.7 Å². The highest BCUT2D eigenvalue weighted by molar-refractivity contribution is 5.87. The number of hydrogen-bond acceptors (Lipinski definition) is 6. The van der Waals surface area contributed by atoms with Crippen molar-refractivity contribution in [3.8, 4) is 0 Å². The van der Waals surface area contributed by atoms with Crippen LogP contribution in [0.5, 0.6) is 0 Å². The van der Waals surface area contributed by atoms with Crippen LogP contribution in [0.25, 0.3) is 0 Å². The zero-order valence-electron chi connectivity index (χ0n) is 14.7. The Bertz CT molecular complexity index is 610.